The van der Waals surface area contributed by atoms with Crippen LogP contribution < -0.4 is 14.9 Å². The van der Waals surface area contributed by atoms with Gasteiger partial charge in [0.15, 0.2) is 4.80 Å². The maximum atomic E-state index is 14.0. The second-order valence-electron chi connectivity index (χ2n) is 10.7. The molecular weight excluding hydrogens is 576 g/mol. The monoisotopic (exact) mass is 612 g/mol. The fourth-order valence-corrected chi connectivity index (χ4v) is 6.23. The molecule has 9 heteroatoms. The van der Waals surface area contributed by atoms with Crippen molar-refractivity contribution in [3.05, 3.63) is 114 Å². The lowest BCUT2D eigenvalue weighted by molar-refractivity contribution is -0.139. The summed E-state index contributed by atoms with van der Waals surface area (Å²) in [5.41, 5.74) is 3.88. The van der Waals surface area contributed by atoms with Gasteiger partial charge >= 0.3 is 11.9 Å². The van der Waals surface area contributed by atoms with Gasteiger partial charge in [-0.2, -0.15) is 0 Å². The van der Waals surface area contributed by atoms with Crippen LogP contribution in [0, 0.1) is 0 Å². The highest BCUT2D eigenvalue weighted by molar-refractivity contribution is 7.07. The van der Waals surface area contributed by atoms with E-state index in [1.165, 1.54) is 11.3 Å². The van der Waals surface area contributed by atoms with Gasteiger partial charge in [-0.25, -0.2) is 14.6 Å². The highest BCUT2D eigenvalue weighted by Gasteiger charge is 2.34. The minimum Gasteiger partial charge on any atom is -0.463 e. The summed E-state index contributed by atoms with van der Waals surface area (Å²) in [6.07, 6.45) is 3.04. The lowest BCUT2D eigenvalue weighted by atomic mass is 9.92. The molecule has 2 aromatic carbocycles. The molecular formula is C35H36N2O6S. The molecule has 5 rings (SSSR count). The summed E-state index contributed by atoms with van der Waals surface area (Å²) in [7, 11) is 0. The summed E-state index contributed by atoms with van der Waals surface area (Å²) in [6.45, 7) is 10.3. The van der Waals surface area contributed by atoms with Crippen LogP contribution in [0.3, 0.4) is 0 Å². The highest BCUT2D eigenvalue weighted by atomic mass is 32.1. The lowest BCUT2D eigenvalue weighted by Crippen LogP contribution is -2.40. The molecule has 0 N–H and O–H groups in total. The minimum atomic E-state index is -0.673. The summed E-state index contributed by atoms with van der Waals surface area (Å²) in [4.78, 5) is 45.0. The van der Waals surface area contributed by atoms with Crippen molar-refractivity contribution in [2.45, 2.75) is 59.4 Å². The number of nitrogens with zero attached hydrogens (tertiary/aromatic N) is 2. The Morgan fingerprint density at radius 2 is 1.73 bits per heavy atom. The van der Waals surface area contributed by atoms with Gasteiger partial charge in [-0.1, -0.05) is 74.9 Å². The van der Waals surface area contributed by atoms with Crippen LogP contribution >= 0.6 is 11.3 Å². The molecule has 0 spiro atoms. The predicted octanol–water partition coefficient (Wildman–Crippen LogP) is 6.14. The van der Waals surface area contributed by atoms with Crippen molar-refractivity contribution >= 4 is 29.4 Å². The Morgan fingerprint density at radius 1 is 1.00 bits per heavy atom. The minimum absolute atomic E-state index is 0.217. The molecule has 0 unspecified atom stereocenters. The van der Waals surface area contributed by atoms with Crippen molar-refractivity contribution in [2.24, 2.45) is 4.99 Å². The lowest BCUT2D eigenvalue weighted by Gasteiger charge is -2.26. The van der Waals surface area contributed by atoms with Gasteiger partial charge in [0.2, 0.25) is 0 Å². The first-order chi connectivity index (χ1) is 21.2. The van der Waals surface area contributed by atoms with Gasteiger partial charge in [-0.15, -0.1) is 0 Å². The third kappa shape index (κ3) is 6.24. The molecule has 0 bridgehead atoms. The molecule has 0 amide bonds. The van der Waals surface area contributed by atoms with Crippen LogP contribution in [0.4, 0.5) is 0 Å². The maximum Gasteiger partial charge on any atom is 0.338 e. The van der Waals surface area contributed by atoms with Crippen LogP contribution in [0.1, 0.15) is 86.7 Å². The number of carbonyl (C=O) groups excluding carboxylic acids is 2. The summed E-state index contributed by atoms with van der Waals surface area (Å²) in [5.74, 6) is 0.497. The van der Waals surface area contributed by atoms with Crippen molar-refractivity contribution in [1.29, 1.82) is 0 Å². The third-order valence-electron chi connectivity index (χ3n) is 7.37. The van der Waals surface area contributed by atoms with Gasteiger partial charge in [0, 0.05) is 11.6 Å². The number of allylic oxidation sites excluding steroid dienone is 1. The Labute approximate surface area is 260 Å². The number of thiazole rings is 1. The second kappa shape index (κ2) is 13.4. The molecule has 8 nitrogen and oxygen atoms in total. The summed E-state index contributed by atoms with van der Waals surface area (Å²) in [5, 5.41) is 0. The normalized spacial score (nSPS) is 14.9. The number of ether oxygens (including phenoxy) is 2. The molecule has 228 valence electrons. The number of furan rings is 1. The van der Waals surface area contributed by atoms with Gasteiger partial charge in [0.1, 0.15) is 11.5 Å². The second-order valence-corrected chi connectivity index (χ2v) is 11.7. The van der Waals surface area contributed by atoms with E-state index in [2.05, 4.69) is 13.8 Å². The Balaban J connectivity index is 1.61. The zero-order valence-electron chi connectivity index (χ0n) is 25.6. The number of fused-ring (bicyclic) bond motifs is 1. The number of esters is 2. The first-order valence-corrected chi connectivity index (χ1v) is 15.8. The summed E-state index contributed by atoms with van der Waals surface area (Å²) in [6, 6.07) is 18.0. The Kier molecular flexibility index (Phi) is 9.44. The van der Waals surface area contributed by atoms with Crippen LogP contribution in [0.15, 0.2) is 86.1 Å². The van der Waals surface area contributed by atoms with Crippen molar-refractivity contribution in [2.75, 3.05) is 13.2 Å². The predicted molar refractivity (Wildman–Crippen MR) is 170 cm³/mol. The Morgan fingerprint density at radius 3 is 2.41 bits per heavy atom. The fourth-order valence-electron chi connectivity index (χ4n) is 5.23. The van der Waals surface area contributed by atoms with E-state index in [0.717, 1.165) is 17.5 Å². The molecule has 2 aromatic heterocycles. The molecule has 0 saturated carbocycles. The van der Waals surface area contributed by atoms with E-state index in [0.29, 0.717) is 55.6 Å². The number of hydrogen-bond donors (Lipinski definition) is 0. The molecule has 1 aliphatic heterocycles. The van der Waals surface area contributed by atoms with Crippen LogP contribution in [0.25, 0.3) is 17.4 Å². The third-order valence-corrected chi connectivity index (χ3v) is 8.35. The Bertz CT molecular complexity index is 1890. The van der Waals surface area contributed by atoms with E-state index < -0.39 is 18.0 Å². The smallest absolute Gasteiger partial charge is 0.338 e. The van der Waals surface area contributed by atoms with E-state index in [9.17, 15) is 14.4 Å². The molecule has 0 saturated heterocycles. The molecule has 44 heavy (non-hydrogen) atoms. The Hall–Kier alpha value is -4.50. The maximum absolute atomic E-state index is 14.0. The molecule has 0 fully saturated rings. The van der Waals surface area contributed by atoms with Gasteiger partial charge in [0.05, 0.1) is 40.6 Å². The van der Waals surface area contributed by atoms with Gasteiger partial charge < -0.3 is 13.9 Å². The number of rotatable bonds is 10. The number of hydrogen-bond acceptors (Lipinski definition) is 8. The molecule has 0 aliphatic carbocycles. The van der Waals surface area contributed by atoms with E-state index in [4.69, 9.17) is 18.9 Å². The molecule has 3 heterocycles. The summed E-state index contributed by atoms with van der Waals surface area (Å²) < 4.78 is 18.7. The standard InChI is InChI=1S/C35H36N2O6S/c1-6-10-27-30(34(40)42-8-3)31(23-15-13-22(14-16-23)21(4)5)37-32(38)29(44-35(37)36-27)20-26-17-18-28(43-26)24-11-9-12-25(19-24)33(39)41-7-2/h9,11-21,31H,6-8,10H2,1-5H3/b29-20-/t31-/m0/s1. The first-order valence-electron chi connectivity index (χ1n) is 14.9. The zero-order chi connectivity index (χ0) is 31.4. The quantitative estimate of drug-likeness (QED) is 0.200. The number of carbonyl (C=O) groups is 2. The van der Waals surface area contributed by atoms with Gasteiger partial charge in [-0.3, -0.25) is 9.36 Å². The van der Waals surface area contributed by atoms with Gasteiger partial charge in [0.25, 0.3) is 5.56 Å². The summed E-state index contributed by atoms with van der Waals surface area (Å²) >= 11 is 1.26. The van der Waals surface area contributed by atoms with Crippen LogP contribution in [-0.2, 0) is 14.3 Å². The van der Waals surface area contributed by atoms with Crippen LogP contribution in [-0.4, -0.2) is 29.7 Å². The van der Waals surface area contributed by atoms with Crippen molar-refractivity contribution in [3.63, 3.8) is 0 Å². The molecule has 1 atom stereocenters. The van der Waals surface area contributed by atoms with Crippen molar-refractivity contribution < 1.29 is 23.5 Å². The number of aromatic nitrogens is 1. The van der Waals surface area contributed by atoms with E-state index >= 15 is 0 Å². The van der Waals surface area contributed by atoms with E-state index in [1.54, 1.807) is 54.8 Å². The van der Waals surface area contributed by atoms with Crippen molar-refractivity contribution in [1.82, 2.24) is 4.57 Å². The van der Waals surface area contributed by atoms with E-state index in [-0.39, 0.29) is 18.8 Å². The zero-order valence-corrected chi connectivity index (χ0v) is 26.4. The molecule has 1 aliphatic rings. The fraction of sp³-hybridized carbons (Fsp3) is 0.314. The van der Waals surface area contributed by atoms with E-state index in [1.807, 2.05) is 37.3 Å². The average Bonchev–Trinajstić information content (AvgIpc) is 3.61. The van der Waals surface area contributed by atoms with Gasteiger partial charge in [-0.05, 0) is 61.6 Å². The largest absolute Gasteiger partial charge is 0.463 e. The van der Waals surface area contributed by atoms with Crippen LogP contribution in [0.2, 0.25) is 0 Å². The molecule has 0 radical (unpaired) electrons. The first kappa shape index (κ1) is 30.9. The SMILES string of the molecule is CCCC1=C(C(=O)OCC)[C@H](c2ccc(C(C)C)cc2)n2c(s/c(=C\c3ccc(-c4cccc(C(=O)OCC)c4)o3)c2=O)=N1. The number of benzene rings is 2. The highest BCUT2D eigenvalue weighted by Crippen LogP contribution is 2.33. The van der Waals surface area contributed by atoms with Crippen molar-refractivity contribution in [3.8, 4) is 11.3 Å². The average molecular weight is 613 g/mol. The van der Waals surface area contributed by atoms with Crippen LogP contribution in [0.5, 0.6) is 0 Å². The topological polar surface area (TPSA) is 100 Å². The molecule has 4 aromatic rings.